The zero-order valence-electron chi connectivity index (χ0n) is 14.8. The van der Waals surface area contributed by atoms with E-state index in [2.05, 4.69) is 5.32 Å². The SMILES string of the molecule is Cn1cc(S(=O)(=O)N2CCCCC2)cc1C(=O)Nc1cccc([N+](=O)[O-])c1. The smallest absolute Gasteiger partial charge is 0.272 e. The lowest BCUT2D eigenvalue weighted by molar-refractivity contribution is -0.384. The van der Waals surface area contributed by atoms with Gasteiger partial charge in [-0.05, 0) is 25.0 Å². The molecule has 1 aliphatic heterocycles. The predicted octanol–water partition coefficient (Wildman–Crippen LogP) is 2.36. The molecular weight excluding hydrogens is 372 g/mol. The molecule has 0 unspecified atom stereocenters. The Morgan fingerprint density at radius 2 is 1.89 bits per heavy atom. The number of aryl methyl sites for hydroxylation is 1. The van der Waals surface area contributed by atoms with E-state index in [1.807, 2.05) is 0 Å². The largest absolute Gasteiger partial charge is 0.345 e. The summed E-state index contributed by atoms with van der Waals surface area (Å²) in [6, 6.07) is 6.88. The van der Waals surface area contributed by atoms with Crippen LogP contribution in [0.2, 0.25) is 0 Å². The van der Waals surface area contributed by atoms with Gasteiger partial charge in [0.15, 0.2) is 0 Å². The second-order valence-corrected chi connectivity index (χ2v) is 8.34. The van der Waals surface area contributed by atoms with Gasteiger partial charge in [0, 0.05) is 44.2 Å². The van der Waals surface area contributed by atoms with Gasteiger partial charge in [-0.3, -0.25) is 14.9 Å². The van der Waals surface area contributed by atoms with E-state index in [1.165, 1.54) is 45.4 Å². The van der Waals surface area contributed by atoms with Crippen molar-refractivity contribution in [1.82, 2.24) is 8.87 Å². The van der Waals surface area contributed by atoms with Crippen molar-refractivity contribution in [3.8, 4) is 0 Å². The predicted molar refractivity (Wildman–Crippen MR) is 99.1 cm³/mol. The van der Waals surface area contributed by atoms with Crippen LogP contribution >= 0.6 is 0 Å². The van der Waals surface area contributed by atoms with Crippen LogP contribution in [0.3, 0.4) is 0 Å². The molecule has 0 spiro atoms. The van der Waals surface area contributed by atoms with Crippen molar-refractivity contribution in [2.45, 2.75) is 24.2 Å². The van der Waals surface area contributed by atoms with Crippen LogP contribution in [0.25, 0.3) is 0 Å². The highest BCUT2D eigenvalue weighted by atomic mass is 32.2. The van der Waals surface area contributed by atoms with Crippen LogP contribution < -0.4 is 5.32 Å². The van der Waals surface area contributed by atoms with Crippen molar-refractivity contribution in [2.75, 3.05) is 18.4 Å². The number of sulfonamides is 1. The number of anilines is 1. The van der Waals surface area contributed by atoms with E-state index in [9.17, 15) is 23.3 Å². The number of nitro groups is 1. The lowest BCUT2D eigenvalue weighted by atomic mass is 10.2. The molecule has 1 N–H and O–H groups in total. The van der Waals surface area contributed by atoms with Crippen LogP contribution in [0.1, 0.15) is 29.8 Å². The number of benzene rings is 1. The van der Waals surface area contributed by atoms with Crippen LogP contribution in [-0.4, -0.2) is 41.2 Å². The maximum absolute atomic E-state index is 12.8. The van der Waals surface area contributed by atoms with E-state index < -0.39 is 20.9 Å². The van der Waals surface area contributed by atoms with Crippen LogP contribution in [0.15, 0.2) is 41.4 Å². The molecule has 0 atom stereocenters. The molecule has 1 fully saturated rings. The topological polar surface area (TPSA) is 115 Å². The minimum atomic E-state index is -3.64. The molecule has 3 rings (SSSR count). The fourth-order valence-electron chi connectivity index (χ4n) is 3.05. The third-order valence-corrected chi connectivity index (χ3v) is 6.34. The number of aromatic nitrogens is 1. The highest BCUT2D eigenvalue weighted by Gasteiger charge is 2.28. The summed E-state index contributed by atoms with van der Waals surface area (Å²) in [5.41, 5.74) is 0.265. The maximum Gasteiger partial charge on any atom is 0.272 e. The third-order valence-electron chi connectivity index (χ3n) is 4.48. The Morgan fingerprint density at radius 3 is 2.56 bits per heavy atom. The van der Waals surface area contributed by atoms with Gasteiger partial charge in [-0.2, -0.15) is 4.31 Å². The van der Waals surface area contributed by atoms with Crippen molar-refractivity contribution >= 4 is 27.3 Å². The fourth-order valence-corrected chi connectivity index (χ4v) is 4.64. The molecule has 27 heavy (non-hydrogen) atoms. The number of non-ortho nitro benzene ring substituents is 1. The molecule has 0 bridgehead atoms. The molecule has 0 radical (unpaired) electrons. The van der Waals surface area contributed by atoms with E-state index in [-0.39, 0.29) is 22.0 Å². The van der Waals surface area contributed by atoms with Crippen LogP contribution in [-0.2, 0) is 17.1 Å². The summed E-state index contributed by atoms with van der Waals surface area (Å²) in [5, 5.41) is 13.4. The lowest BCUT2D eigenvalue weighted by Gasteiger charge is -2.25. The van der Waals surface area contributed by atoms with Gasteiger partial charge >= 0.3 is 0 Å². The zero-order chi connectivity index (χ0) is 19.6. The van der Waals surface area contributed by atoms with Gasteiger partial charge in [0.2, 0.25) is 10.0 Å². The molecule has 1 aromatic heterocycles. The van der Waals surface area contributed by atoms with Crippen molar-refractivity contribution in [3.63, 3.8) is 0 Å². The molecular formula is C17H20N4O5S. The molecule has 2 aromatic rings. The average Bonchev–Trinajstić information content (AvgIpc) is 3.05. The minimum Gasteiger partial charge on any atom is -0.345 e. The number of amides is 1. The molecule has 144 valence electrons. The van der Waals surface area contributed by atoms with Gasteiger partial charge in [0.25, 0.3) is 11.6 Å². The van der Waals surface area contributed by atoms with Crippen LogP contribution in [0.4, 0.5) is 11.4 Å². The van der Waals surface area contributed by atoms with E-state index in [4.69, 9.17) is 0 Å². The Labute approximate surface area is 156 Å². The average molecular weight is 392 g/mol. The number of carbonyl (C=O) groups excluding carboxylic acids is 1. The molecule has 0 saturated carbocycles. The molecule has 0 aliphatic carbocycles. The molecule has 1 aliphatic rings. The number of hydrogen-bond acceptors (Lipinski definition) is 5. The van der Waals surface area contributed by atoms with Crippen molar-refractivity contribution in [3.05, 3.63) is 52.3 Å². The first-order valence-corrected chi connectivity index (χ1v) is 9.95. The van der Waals surface area contributed by atoms with E-state index >= 15 is 0 Å². The molecule has 1 amide bonds. The summed E-state index contributed by atoms with van der Waals surface area (Å²) in [6.07, 6.45) is 4.07. The van der Waals surface area contributed by atoms with Gasteiger partial charge in [-0.15, -0.1) is 0 Å². The van der Waals surface area contributed by atoms with Gasteiger partial charge in [0.05, 0.1) is 4.92 Å². The summed E-state index contributed by atoms with van der Waals surface area (Å²) < 4.78 is 28.4. The first-order chi connectivity index (χ1) is 12.8. The normalized spacial score (nSPS) is 15.4. The quantitative estimate of drug-likeness (QED) is 0.620. The number of piperidine rings is 1. The Bertz CT molecular complexity index is 977. The number of hydrogen-bond donors (Lipinski definition) is 1. The number of nitrogens with zero attached hydrogens (tertiary/aromatic N) is 3. The molecule has 1 saturated heterocycles. The molecule has 2 heterocycles. The minimum absolute atomic E-state index is 0.0658. The number of rotatable bonds is 5. The van der Waals surface area contributed by atoms with E-state index in [0.717, 1.165) is 19.3 Å². The van der Waals surface area contributed by atoms with Gasteiger partial charge in [-0.1, -0.05) is 12.5 Å². The Balaban J connectivity index is 1.82. The van der Waals surface area contributed by atoms with Crippen molar-refractivity contribution in [1.29, 1.82) is 0 Å². The summed E-state index contributed by atoms with van der Waals surface area (Å²) in [6.45, 7) is 0.957. The Morgan fingerprint density at radius 1 is 1.19 bits per heavy atom. The number of nitrogens with one attached hydrogen (secondary N) is 1. The van der Waals surface area contributed by atoms with Crippen LogP contribution in [0, 0.1) is 10.1 Å². The zero-order valence-corrected chi connectivity index (χ0v) is 15.6. The Kier molecular flexibility index (Phi) is 5.29. The molecule has 10 heteroatoms. The Hall–Kier alpha value is -2.72. The van der Waals surface area contributed by atoms with E-state index in [1.54, 1.807) is 7.05 Å². The monoisotopic (exact) mass is 392 g/mol. The van der Waals surface area contributed by atoms with E-state index in [0.29, 0.717) is 13.1 Å². The molecule has 9 nitrogen and oxygen atoms in total. The summed E-state index contributed by atoms with van der Waals surface area (Å²) in [5.74, 6) is -0.543. The lowest BCUT2D eigenvalue weighted by Crippen LogP contribution is -2.35. The second kappa shape index (κ2) is 7.49. The van der Waals surface area contributed by atoms with Gasteiger partial charge in [-0.25, -0.2) is 8.42 Å². The number of nitro benzene ring substituents is 1. The summed E-state index contributed by atoms with van der Waals surface area (Å²) >= 11 is 0. The fraction of sp³-hybridized carbons (Fsp3) is 0.353. The first-order valence-electron chi connectivity index (χ1n) is 8.51. The highest BCUT2D eigenvalue weighted by Crippen LogP contribution is 2.23. The summed E-state index contributed by atoms with van der Waals surface area (Å²) in [7, 11) is -2.06. The van der Waals surface area contributed by atoms with Crippen LogP contribution in [0.5, 0.6) is 0 Å². The highest BCUT2D eigenvalue weighted by molar-refractivity contribution is 7.89. The van der Waals surface area contributed by atoms with Gasteiger partial charge in [0.1, 0.15) is 10.6 Å². The van der Waals surface area contributed by atoms with Crippen molar-refractivity contribution < 1.29 is 18.1 Å². The standard InChI is InChI=1S/C17H20N4O5S/c1-19-12-15(27(25,26)20-8-3-2-4-9-20)11-16(19)17(22)18-13-6-5-7-14(10-13)21(23)24/h5-7,10-12H,2-4,8-9H2,1H3,(H,18,22). The second-order valence-electron chi connectivity index (χ2n) is 6.40. The maximum atomic E-state index is 12.8. The van der Waals surface area contributed by atoms with Crippen molar-refractivity contribution in [2.24, 2.45) is 7.05 Å². The third kappa shape index (κ3) is 4.01. The first kappa shape index (κ1) is 19.1. The van der Waals surface area contributed by atoms with Gasteiger partial charge < -0.3 is 9.88 Å². The number of carbonyl (C=O) groups is 1. The summed E-state index contributed by atoms with van der Waals surface area (Å²) in [4.78, 5) is 22.9. The molecule has 1 aromatic carbocycles.